The zero-order valence-corrected chi connectivity index (χ0v) is 16.2. The summed E-state index contributed by atoms with van der Waals surface area (Å²) < 4.78 is 10.9. The Hall–Kier alpha value is -2.89. The number of nitrogens with one attached hydrogen (secondary N) is 2. The largest absolute Gasteiger partial charge is 0.493 e. The Kier molecular flexibility index (Phi) is 7.14. The van der Waals surface area contributed by atoms with Crippen LogP contribution in [-0.4, -0.2) is 40.8 Å². The lowest BCUT2D eigenvalue weighted by Gasteiger charge is -2.15. The van der Waals surface area contributed by atoms with Gasteiger partial charge in [0.2, 0.25) is 0 Å². The maximum atomic E-state index is 5.61. The summed E-state index contributed by atoms with van der Waals surface area (Å²) in [6, 6.07) is 14.1. The molecule has 6 nitrogen and oxygen atoms in total. The van der Waals surface area contributed by atoms with Gasteiger partial charge in [0.1, 0.15) is 0 Å². The fourth-order valence-electron chi connectivity index (χ4n) is 2.44. The SMILES string of the molecule is CCOc1cc(NC(=NC)NCc2ccc(N(C)C)cc2)ccc1OC. The first-order chi connectivity index (χ1) is 12.6. The molecule has 0 fully saturated rings. The lowest BCUT2D eigenvalue weighted by Crippen LogP contribution is -2.30. The molecule has 2 rings (SSSR count). The van der Waals surface area contributed by atoms with Crippen molar-refractivity contribution in [2.75, 3.05) is 45.1 Å². The van der Waals surface area contributed by atoms with E-state index in [2.05, 4.69) is 44.8 Å². The molecule has 0 heterocycles. The van der Waals surface area contributed by atoms with E-state index in [4.69, 9.17) is 9.47 Å². The number of methoxy groups -OCH3 is 1. The van der Waals surface area contributed by atoms with Gasteiger partial charge in [-0.3, -0.25) is 4.99 Å². The molecule has 0 aromatic heterocycles. The van der Waals surface area contributed by atoms with E-state index < -0.39 is 0 Å². The molecule has 0 aliphatic heterocycles. The molecule has 0 bridgehead atoms. The highest BCUT2D eigenvalue weighted by Gasteiger charge is 2.07. The predicted molar refractivity (Wildman–Crippen MR) is 109 cm³/mol. The van der Waals surface area contributed by atoms with Gasteiger partial charge in [0.25, 0.3) is 0 Å². The number of rotatable bonds is 7. The molecule has 26 heavy (non-hydrogen) atoms. The van der Waals surface area contributed by atoms with E-state index in [1.54, 1.807) is 14.2 Å². The summed E-state index contributed by atoms with van der Waals surface area (Å²) in [6.07, 6.45) is 0. The molecule has 0 amide bonds. The van der Waals surface area contributed by atoms with Crippen LogP contribution in [0.25, 0.3) is 0 Å². The summed E-state index contributed by atoms with van der Waals surface area (Å²) in [7, 11) is 7.44. The molecular weight excluding hydrogens is 328 g/mol. The summed E-state index contributed by atoms with van der Waals surface area (Å²) in [5.41, 5.74) is 3.24. The Bertz CT molecular complexity index is 727. The normalized spacial score (nSPS) is 11.0. The maximum Gasteiger partial charge on any atom is 0.195 e. The van der Waals surface area contributed by atoms with E-state index in [1.807, 2.05) is 39.2 Å². The summed E-state index contributed by atoms with van der Waals surface area (Å²) in [4.78, 5) is 6.36. The molecule has 0 saturated carbocycles. The first-order valence-corrected chi connectivity index (χ1v) is 8.62. The van der Waals surface area contributed by atoms with Gasteiger partial charge in [0, 0.05) is 45.1 Å². The quantitative estimate of drug-likeness (QED) is 0.589. The molecular formula is C20H28N4O2. The minimum Gasteiger partial charge on any atom is -0.493 e. The van der Waals surface area contributed by atoms with Crippen LogP contribution in [0, 0.1) is 0 Å². The summed E-state index contributed by atoms with van der Waals surface area (Å²) in [6.45, 7) is 3.21. The van der Waals surface area contributed by atoms with Crippen molar-refractivity contribution in [1.82, 2.24) is 5.32 Å². The van der Waals surface area contributed by atoms with Crippen molar-refractivity contribution in [3.05, 3.63) is 48.0 Å². The monoisotopic (exact) mass is 356 g/mol. The van der Waals surface area contributed by atoms with Gasteiger partial charge in [-0.1, -0.05) is 12.1 Å². The first-order valence-electron chi connectivity index (χ1n) is 8.62. The van der Waals surface area contributed by atoms with Gasteiger partial charge >= 0.3 is 0 Å². The van der Waals surface area contributed by atoms with Crippen molar-refractivity contribution in [2.24, 2.45) is 4.99 Å². The average Bonchev–Trinajstić information content (AvgIpc) is 2.66. The fourth-order valence-corrected chi connectivity index (χ4v) is 2.44. The molecule has 0 aliphatic carbocycles. The van der Waals surface area contributed by atoms with E-state index in [0.717, 1.165) is 5.69 Å². The number of anilines is 2. The lowest BCUT2D eigenvalue weighted by molar-refractivity contribution is 0.311. The van der Waals surface area contributed by atoms with Crippen molar-refractivity contribution in [1.29, 1.82) is 0 Å². The molecule has 0 atom stereocenters. The summed E-state index contributed by atoms with van der Waals surface area (Å²) >= 11 is 0. The van der Waals surface area contributed by atoms with Gasteiger partial charge in [-0.05, 0) is 36.8 Å². The van der Waals surface area contributed by atoms with Crippen molar-refractivity contribution < 1.29 is 9.47 Å². The third kappa shape index (κ3) is 5.31. The molecule has 6 heteroatoms. The molecule has 2 aromatic carbocycles. The van der Waals surface area contributed by atoms with Crippen LogP contribution in [0.2, 0.25) is 0 Å². The van der Waals surface area contributed by atoms with Crippen LogP contribution in [0.1, 0.15) is 12.5 Å². The molecule has 0 unspecified atom stereocenters. The van der Waals surface area contributed by atoms with Gasteiger partial charge < -0.3 is 25.0 Å². The van der Waals surface area contributed by atoms with Gasteiger partial charge in [-0.2, -0.15) is 0 Å². The van der Waals surface area contributed by atoms with Crippen LogP contribution in [-0.2, 0) is 6.54 Å². The number of benzene rings is 2. The Morgan fingerprint density at radius 1 is 1.08 bits per heavy atom. The minimum absolute atomic E-state index is 0.579. The number of hydrogen-bond acceptors (Lipinski definition) is 4. The number of hydrogen-bond donors (Lipinski definition) is 2. The first kappa shape index (κ1) is 19.4. The Morgan fingerprint density at radius 2 is 1.81 bits per heavy atom. The summed E-state index contributed by atoms with van der Waals surface area (Å²) in [5.74, 6) is 2.10. The van der Waals surface area contributed by atoms with Crippen molar-refractivity contribution in [2.45, 2.75) is 13.5 Å². The van der Waals surface area contributed by atoms with Crippen LogP contribution in [0.4, 0.5) is 11.4 Å². The molecule has 2 N–H and O–H groups in total. The van der Waals surface area contributed by atoms with Crippen molar-refractivity contribution in [3.8, 4) is 11.5 Å². The molecule has 2 aromatic rings. The Morgan fingerprint density at radius 3 is 2.38 bits per heavy atom. The second-order valence-corrected chi connectivity index (χ2v) is 5.91. The zero-order chi connectivity index (χ0) is 18.9. The van der Waals surface area contributed by atoms with Gasteiger partial charge in [-0.15, -0.1) is 0 Å². The Balaban J connectivity index is 2.00. The van der Waals surface area contributed by atoms with Gasteiger partial charge in [0.05, 0.1) is 13.7 Å². The standard InChI is InChI=1S/C20H28N4O2/c1-6-26-19-13-16(9-12-18(19)25-5)23-20(21-2)22-14-15-7-10-17(11-8-15)24(3)4/h7-13H,6,14H2,1-5H3,(H2,21,22,23). The lowest BCUT2D eigenvalue weighted by atomic mass is 10.2. The molecule has 0 radical (unpaired) electrons. The minimum atomic E-state index is 0.579. The topological polar surface area (TPSA) is 58.1 Å². The highest BCUT2D eigenvalue weighted by atomic mass is 16.5. The smallest absolute Gasteiger partial charge is 0.195 e. The Labute approximate surface area is 155 Å². The van der Waals surface area contributed by atoms with Crippen LogP contribution >= 0.6 is 0 Å². The van der Waals surface area contributed by atoms with Crippen LogP contribution in [0.5, 0.6) is 11.5 Å². The maximum absolute atomic E-state index is 5.61. The van der Waals surface area contributed by atoms with Crippen LogP contribution < -0.4 is 25.0 Å². The van der Waals surface area contributed by atoms with Gasteiger partial charge in [-0.25, -0.2) is 0 Å². The number of nitrogens with zero attached hydrogens (tertiary/aromatic N) is 2. The van der Waals surface area contributed by atoms with Crippen LogP contribution in [0.15, 0.2) is 47.5 Å². The molecule has 0 spiro atoms. The van der Waals surface area contributed by atoms with Crippen LogP contribution in [0.3, 0.4) is 0 Å². The third-order valence-corrected chi connectivity index (χ3v) is 3.86. The molecule has 140 valence electrons. The van der Waals surface area contributed by atoms with E-state index in [1.165, 1.54) is 11.3 Å². The second kappa shape index (κ2) is 9.56. The predicted octanol–water partition coefficient (Wildman–Crippen LogP) is 3.35. The highest BCUT2D eigenvalue weighted by Crippen LogP contribution is 2.30. The number of guanidine groups is 1. The number of aliphatic imine (C=N–C) groups is 1. The van der Waals surface area contributed by atoms with Gasteiger partial charge in [0.15, 0.2) is 17.5 Å². The van der Waals surface area contributed by atoms with E-state index >= 15 is 0 Å². The van der Waals surface area contributed by atoms with E-state index in [-0.39, 0.29) is 0 Å². The van der Waals surface area contributed by atoms with Crippen molar-refractivity contribution in [3.63, 3.8) is 0 Å². The fraction of sp³-hybridized carbons (Fsp3) is 0.350. The molecule has 0 saturated heterocycles. The van der Waals surface area contributed by atoms with E-state index in [0.29, 0.717) is 30.6 Å². The molecule has 0 aliphatic rings. The third-order valence-electron chi connectivity index (χ3n) is 3.86. The van der Waals surface area contributed by atoms with E-state index in [9.17, 15) is 0 Å². The van der Waals surface area contributed by atoms with Crippen molar-refractivity contribution >= 4 is 17.3 Å². The number of ether oxygens (including phenoxy) is 2. The average molecular weight is 356 g/mol. The zero-order valence-electron chi connectivity index (χ0n) is 16.2. The second-order valence-electron chi connectivity index (χ2n) is 5.91. The summed E-state index contributed by atoms with van der Waals surface area (Å²) in [5, 5.41) is 6.59. The highest BCUT2D eigenvalue weighted by molar-refractivity contribution is 5.93.